The van der Waals surface area contributed by atoms with Gasteiger partial charge in [0, 0.05) is 59.8 Å². The average molecular weight is 448 g/mol. The molecule has 5 rings (SSSR count). The highest BCUT2D eigenvalue weighted by Crippen LogP contribution is 2.44. The maximum Gasteiger partial charge on any atom is 0.166 e. The molecule has 1 atom stereocenters. The number of aliphatic imine (C=N–C) groups is 1. The van der Waals surface area contributed by atoms with Gasteiger partial charge in [-0.1, -0.05) is 11.6 Å². The van der Waals surface area contributed by atoms with Gasteiger partial charge >= 0.3 is 0 Å². The van der Waals surface area contributed by atoms with E-state index in [0.29, 0.717) is 40.7 Å². The summed E-state index contributed by atoms with van der Waals surface area (Å²) in [6.45, 7) is 1.83. The van der Waals surface area contributed by atoms with Crippen LogP contribution in [0.1, 0.15) is 60.8 Å². The number of benzene rings is 1. The molecular weight excluding hydrogens is 421 g/mol. The summed E-state index contributed by atoms with van der Waals surface area (Å²) in [5.41, 5.74) is 17.9. The summed E-state index contributed by atoms with van der Waals surface area (Å²) >= 11 is 0. The SMILES string of the molecule is CN=CC1=C(N)c2ccc(F)cc2C(C)Oc2cc(cnc2N)-c2c(C3CCC3)noc2C1. The third-order valence-corrected chi connectivity index (χ3v) is 6.48. The maximum atomic E-state index is 14.2. The largest absolute Gasteiger partial charge is 0.482 e. The summed E-state index contributed by atoms with van der Waals surface area (Å²) in [5.74, 6) is 1.31. The van der Waals surface area contributed by atoms with Gasteiger partial charge in [0.15, 0.2) is 11.6 Å². The molecule has 0 saturated heterocycles. The number of nitrogens with zero attached hydrogens (tertiary/aromatic N) is 3. The van der Waals surface area contributed by atoms with Gasteiger partial charge in [-0.2, -0.15) is 0 Å². The molecule has 0 radical (unpaired) electrons. The number of anilines is 1. The highest BCUT2D eigenvalue weighted by Gasteiger charge is 2.30. The minimum absolute atomic E-state index is 0.256. The molecule has 3 aromatic rings. The minimum atomic E-state index is -0.527. The molecule has 7 nitrogen and oxygen atoms in total. The van der Waals surface area contributed by atoms with Crippen LogP contribution in [0.2, 0.25) is 0 Å². The highest BCUT2D eigenvalue weighted by molar-refractivity contribution is 5.91. The van der Waals surface area contributed by atoms with Gasteiger partial charge in [0.05, 0.1) is 11.3 Å². The normalized spacial score (nSPS) is 18.7. The first-order valence-electron chi connectivity index (χ1n) is 11.1. The van der Waals surface area contributed by atoms with Crippen molar-refractivity contribution in [2.75, 3.05) is 12.8 Å². The number of aromatic nitrogens is 2. The number of rotatable bonds is 2. The second-order valence-electron chi connectivity index (χ2n) is 8.60. The number of allylic oxidation sites excluding steroid dienone is 1. The van der Waals surface area contributed by atoms with Crippen molar-refractivity contribution in [3.8, 4) is 16.9 Å². The first-order valence-corrected chi connectivity index (χ1v) is 11.1. The molecule has 2 bridgehead atoms. The van der Waals surface area contributed by atoms with Crippen LogP contribution >= 0.6 is 0 Å². The van der Waals surface area contributed by atoms with Crippen LogP contribution in [0.4, 0.5) is 10.2 Å². The second kappa shape index (κ2) is 8.35. The van der Waals surface area contributed by atoms with Crippen molar-refractivity contribution in [1.29, 1.82) is 0 Å². The standard InChI is InChI=1S/C25H26FN5O2/c1-13-19-10-17(26)6-7-18(19)23(27)16(11-29-2)9-20-22(24(31-33-20)14-4-3-5-14)15-8-21(32-13)25(28)30-12-15/h6-8,10-14H,3-5,9,27H2,1-2H3,(H2,28,30). The third kappa shape index (κ3) is 3.75. The molecular formula is C25H26FN5O2. The van der Waals surface area contributed by atoms with Crippen molar-refractivity contribution in [3.05, 3.63) is 64.4 Å². The summed E-state index contributed by atoms with van der Waals surface area (Å²) in [6, 6.07) is 6.34. The predicted octanol–water partition coefficient (Wildman–Crippen LogP) is 4.79. The van der Waals surface area contributed by atoms with Crippen LogP contribution in [0, 0.1) is 5.82 Å². The molecule has 2 aliphatic rings. The summed E-state index contributed by atoms with van der Waals surface area (Å²) in [7, 11) is 1.69. The fraction of sp³-hybridized carbons (Fsp3) is 0.320. The highest BCUT2D eigenvalue weighted by atomic mass is 19.1. The van der Waals surface area contributed by atoms with Crippen LogP contribution in [0.15, 0.2) is 45.6 Å². The molecule has 1 aromatic carbocycles. The Hall–Kier alpha value is -3.68. The Balaban J connectivity index is 1.78. The van der Waals surface area contributed by atoms with E-state index >= 15 is 0 Å². The minimum Gasteiger partial charge on any atom is -0.482 e. The van der Waals surface area contributed by atoms with E-state index in [1.807, 2.05) is 13.0 Å². The zero-order chi connectivity index (χ0) is 23.1. The van der Waals surface area contributed by atoms with Gasteiger partial charge < -0.3 is 20.7 Å². The molecule has 4 N–H and O–H groups in total. The van der Waals surface area contributed by atoms with Crippen molar-refractivity contribution in [3.63, 3.8) is 0 Å². The van der Waals surface area contributed by atoms with Crippen molar-refractivity contribution < 1.29 is 13.7 Å². The molecule has 0 spiro atoms. The van der Waals surface area contributed by atoms with E-state index in [0.717, 1.165) is 35.2 Å². The molecule has 8 heteroatoms. The van der Waals surface area contributed by atoms with Crippen LogP contribution in [0.25, 0.3) is 16.8 Å². The van der Waals surface area contributed by atoms with Crippen molar-refractivity contribution in [2.45, 2.75) is 44.6 Å². The van der Waals surface area contributed by atoms with E-state index < -0.39 is 6.10 Å². The summed E-state index contributed by atoms with van der Waals surface area (Å²) in [6.07, 6.45) is 6.59. The third-order valence-electron chi connectivity index (χ3n) is 6.48. The molecule has 170 valence electrons. The Kier molecular flexibility index (Phi) is 5.36. The Labute approximate surface area is 191 Å². The predicted molar refractivity (Wildman–Crippen MR) is 125 cm³/mol. The van der Waals surface area contributed by atoms with Gasteiger partial charge in [-0.05, 0) is 44.0 Å². The molecule has 3 heterocycles. The number of hydrogen-bond donors (Lipinski definition) is 2. The fourth-order valence-electron chi connectivity index (χ4n) is 4.50. The average Bonchev–Trinajstić information content (AvgIpc) is 3.15. The van der Waals surface area contributed by atoms with Gasteiger partial charge in [-0.25, -0.2) is 9.37 Å². The van der Waals surface area contributed by atoms with E-state index in [-0.39, 0.29) is 11.6 Å². The summed E-state index contributed by atoms with van der Waals surface area (Å²) < 4.78 is 26.3. The summed E-state index contributed by atoms with van der Waals surface area (Å²) in [5, 5.41) is 4.44. The molecule has 1 aliphatic carbocycles. The van der Waals surface area contributed by atoms with Crippen LogP contribution < -0.4 is 16.2 Å². The van der Waals surface area contributed by atoms with Gasteiger partial charge in [0.2, 0.25) is 0 Å². The smallest absolute Gasteiger partial charge is 0.166 e. The van der Waals surface area contributed by atoms with Crippen molar-refractivity contribution >= 4 is 17.7 Å². The van der Waals surface area contributed by atoms with E-state index in [9.17, 15) is 4.39 Å². The number of hydrogen-bond acceptors (Lipinski definition) is 7. The number of fused-ring (bicyclic) bond motifs is 5. The molecule has 2 aromatic heterocycles. The molecule has 1 fully saturated rings. The van der Waals surface area contributed by atoms with Crippen molar-refractivity contribution in [1.82, 2.24) is 10.1 Å². The lowest BCUT2D eigenvalue weighted by Crippen LogP contribution is -2.14. The topological polar surface area (TPSA) is 113 Å². The van der Waals surface area contributed by atoms with Crippen LogP contribution in [0.3, 0.4) is 0 Å². The zero-order valence-corrected chi connectivity index (χ0v) is 18.6. The first kappa shape index (κ1) is 21.2. The van der Waals surface area contributed by atoms with Gasteiger partial charge in [-0.3, -0.25) is 4.99 Å². The number of halogens is 1. The number of pyridine rings is 1. The zero-order valence-electron chi connectivity index (χ0n) is 18.6. The second-order valence-corrected chi connectivity index (χ2v) is 8.60. The van der Waals surface area contributed by atoms with E-state index in [1.165, 1.54) is 18.6 Å². The number of nitrogens with two attached hydrogens (primary N) is 2. The molecule has 33 heavy (non-hydrogen) atoms. The Morgan fingerprint density at radius 2 is 2.03 bits per heavy atom. The maximum absolute atomic E-state index is 14.2. The Morgan fingerprint density at radius 1 is 1.21 bits per heavy atom. The van der Waals surface area contributed by atoms with Crippen LogP contribution in [-0.2, 0) is 6.42 Å². The van der Waals surface area contributed by atoms with E-state index in [4.69, 9.17) is 20.7 Å². The molecule has 1 saturated carbocycles. The monoisotopic (exact) mass is 447 g/mol. The Morgan fingerprint density at radius 3 is 2.76 bits per heavy atom. The molecule has 0 amide bonds. The Bertz CT molecular complexity index is 1280. The van der Waals surface area contributed by atoms with Crippen molar-refractivity contribution in [2.24, 2.45) is 10.7 Å². The molecule has 1 unspecified atom stereocenters. The lowest BCUT2D eigenvalue weighted by molar-refractivity contribution is 0.227. The van der Waals surface area contributed by atoms with Crippen LogP contribution in [-0.4, -0.2) is 23.4 Å². The van der Waals surface area contributed by atoms with Crippen LogP contribution in [0.5, 0.6) is 5.75 Å². The first-order chi connectivity index (χ1) is 16.0. The number of nitrogen functional groups attached to an aromatic ring is 1. The van der Waals surface area contributed by atoms with Gasteiger partial charge in [0.25, 0.3) is 0 Å². The lowest BCUT2D eigenvalue weighted by Gasteiger charge is -2.25. The van der Waals surface area contributed by atoms with E-state index in [2.05, 4.69) is 15.1 Å². The molecule has 1 aliphatic heterocycles. The fourth-order valence-corrected chi connectivity index (χ4v) is 4.50. The quantitative estimate of drug-likeness (QED) is 0.546. The van der Waals surface area contributed by atoms with E-state index in [1.54, 1.807) is 25.5 Å². The lowest BCUT2D eigenvalue weighted by atomic mass is 9.80. The number of ether oxygens (including phenoxy) is 1. The van der Waals surface area contributed by atoms with Gasteiger partial charge in [-0.15, -0.1) is 0 Å². The van der Waals surface area contributed by atoms with Gasteiger partial charge in [0.1, 0.15) is 17.7 Å². The summed E-state index contributed by atoms with van der Waals surface area (Å²) in [4.78, 5) is 8.58.